The predicted octanol–water partition coefficient (Wildman–Crippen LogP) is 3.95. The summed E-state index contributed by atoms with van der Waals surface area (Å²) >= 11 is 1.71. The molecule has 170 valence electrons. The van der Waals surface area contributed by atoms with Crippen molar-refractivity contribution in [2.75, 3.05) is 46.5 Å². The fourth-order valence-corrected chi connectivity index (χ4v) is 4.83. The van der Waals surface area contributed by atoms with Gasteiger partial charge in [0.15, 0.2) is 0 Å². The number of thioether (sulfide) groups is 1. The molecule has 4 heterocycles. The van der Waals surface area contributed by atoms with Crippen molar-refractivity contribution in [3.63, 3.8) is 0 Å². The van der Waals surface area contributed by atoms with Gasteiger partial charge in [0.1, 0.15) is 11.4 Å². The number of aromatic nitrogens is 2. The molecular formula is C23H34N4O3S. The summed E-state index contributed by atoms with van der Waals surface area (Å²) in [5.74, 6) is 1.58. The zero-order chi connectivity index (χ0) is 22.1. The van der Waals surface area contributed by atoms with E-state index in [1.165, 1.54) is 32.4 Å². The monoisotopic (exact) mass is 446 g/mol. The molecule has 31 heavy (non-hydrogen) atoms. The zero-order valence-corrected chi connectivity index (χ0v) is 19.6. The molecule has 0 unspecified atom stereocenters. The lowest BCUT2D eigenvalue weighted by molar-refractivity contribution is 0.0298. The number of piperidine rings is 1. The van der Waals surface area contributed by atoms with Crippen LogP contribution in [0, 0.1) is 0 Å². The van der Waals surface area contributed by atoms with Crippen LogP contribution in [0.2, 0.25) is 0 Å². The third kappa shape index (κ3) is 5.81. The van der Waals surface area contributed by atoms with Crippen molar-refractivity contribution >= 4 is 17.7 Å². The molecule has 0 aliphatic carbocycles. The first kappa shape index (κ1) is 23.6. The second-order valence-electron chi connectivity index (χ2n) is 7.29. The highest BCUT2D eigenvalue weighted by atomic mass is 32.2. The van der Waals surface area contributed by atoms with Gasteiger partial charge in [-0.2, -0.15) is 5.10 Å². The Labute approximate surface area is 189 Å². The average Bonchev–Trinajstić information content (AvgIpc) is 3.31. The van der Waals surface area contributed by atoms with Crippen LogP contribution in [0.3, 0.4) is 0 Å². The molecule has 0 spiro atoms. The maximum Gasteiger partial charge on any atom is 0.272 e. The van der Waals surface area contributed by atoms with Gasteiger partial charge >= 0.3 is 0 Å². The Morgan fingerprint density at radius 2 is 1.90 bits per heavy atom. The third-order valence-corrected chi connectivity index (χ3v) is 6.48. The minimum atomic E-state index is 0.0135. The van der Waals surface area contributed by atoms with Crippen LogP contribution >= 0.6 is 11.8 Å². The Bertz CT molecular complexity index is 834. The lowest BCUT2D eigenvalue weighted by atomic mass is 10.1. The Hall–Kier alpha value is -2.03. The molecule has 0 bridgehead atoms. The van der Waals surface area contributed by atoms with Crippen LogP contribution in [0.4, 0.5) is 0 Å². The average molecular weight is 447 g/mol. The van der Waals surface area contributed by atoms with E-state index in [-0.39, 0.29) is 5.91 Å². The molecule has 1 amide bonds. The number of fused-ring (bicyclic) bond motifs is 3. The number of ether oxygens (including phenoxy) is 2. The molecular weight excluding hydrogens is 412 g/mol. The van der Waals surface area contributed by atoms with Crippen molar-refractivity contribution in [2.24, 2.45) is 0 Å². The smallest absolute Gasteiger partial charge is 0.272 e. The van der Waals surface area contributed by atoms with Crippen molar-refractivity contribution in [1.29, 1.82) is 0 Å². The van der Waals surface area contributed by atoms with Gasteiger partial charge in [-0.1, -0.05) is 20.3 Å². The zero-order valence-electron chi connectivity index (χ0n) is 18.8. The van der Waals surface area contributed by atoms with Gasteiger partial charge in [-0.05, 0) is 44.1 Å². The van der Waals surface area contributed by atoms with Crippen molar-refractivity contribution in [3.8, 4) is 17.0 Å². The van der Waals surface area contributed by atoms with Gasteiger partial charge in [0, 0.05) is 34.9 Å². The molecule has 3 aliphatic rings. The highest BCUT2D eigenvalue weighted by molar-refractivity contribution is 7.98. The lowest BCUT2D eigenvalue weighted by Crippen LogP contribution is -2.41. The van der Waals surface area contributed by atoms with E-state index in [1.807, 2.05) is 36.9 Å². The summed E-state index contributed by atoms with van der Waals surface area (Å²) < 4.78 is 10.6. The number of carbonyl (C=O) groups is 1. The number of H-pyrrole nitrogens is 1. The Balaban J connectivity index is 0.000000291. The summed E-state index contributed by atoms with van der Waals surface area (Å²) in [5, 5.41) is 10.7. The molecule has 0 atom stereocenters. The van der Waals surface area contributed by atoms with E-state index in [0.29, 0.717) is 32.0 Å². The quantitative estimate of drug-likeness (QED) is 0.727. The number of nitrogens with zero attached hydrogens (tertiary/aromatic N) is 2. The third-order valence-electron chi connectivity index (χ3n) is 5.40. The number of aromatic amines is 1. The van der Waals surface area contributed by atoms with Gasteiger partial charge in [0.2, 0.25) is 0 Å². The number of benzene rings is 1. The minimum absolute atomic E-state index is 0.0135. The molecule has 2 fully saturated rings. The van der Waals surface area contributed by atoms with Gasteiger partial charge in [0.25, 0.3) is 5.91 Å². The maximum absolute atomic E-state index is 12.7. The molecule has 2 aromatic rings. The number of nitrogens with one attached hydrogen (secondary N) is 2. The summed E-state index contributed by atoms with van der Waals surface area (Å²) in [6, 6.07) is 5.94. The summed E-state index contributed by atoms with van der Waals surface area (Å²) in [7, 11) is 1.66. The van der Waals surface area contributed by atoms with Crippen molar-refractivity contribution in [2.45, 2.75) is 43.8 Å². The summed E-state index contributed by atoms with van der Waals surface area (Å²) in [5.41, 5.74) is 3.52. The fourth-order valence-electron chi connectivity index (χ4n) is 3.73. The molecule has 5 rings (SSSR count). The van der Waals surface area contributed by atoms with Crippen molar-refractivity contribution in [3.05, 3.63) is 29.5 Å². The largest absolute Gasteiger partial charge is 0.497 e. The number of morpholine rings is 1. The highest BCUT2D eigenvalue weighted by Gasteiger charge is 2.29. The molecule has 2 N–H and O–H groups in total. The molecule has 2 saturated heterocycles. The first-order chi connectivity index (χ1) is 15.3. The van der Waals surface area contributed by atoms with Gasteiger partial charge in [-0.3, -0.25) is 9.89 Å². The Kier molecular flexibility index (Phi) is 9.24. The van der Waals surface area contributed by atoms with Crippen LogP contribution in [0.5, 0.6) is 5.75 Å². The van der Waals surface area contributed by atoms with Gasteiger partial charge in [0.05, 0.1) is 26.0 Å². The first-order valence-electron chi connectivity index (χ1n) is 11.2. The Morgan fingerprint density at radius 3 is 2.52 bits per heavy atom. The van der Waals surface area contributed by atoms with Crippen LogP contribution < -0.4 is 10.1 Å². The number of rotatable bonds is 2. The van der Waals surface area contributed by atoms with E-state index < -0.39 is 0 Å². The number of hydrogen-bond donors (Lipinski definition) is 2. The molecule has 0 saturated carbocycles. The van der Waals surface area contributed by atoms with E-state index in [9.17, 15) is 4.79 Å². The molecule has 1 aromatic heterocycles. The topological polar surface area (TPSA) is 79.5 Å². The van der Waals surface area contributed by atoms with E-state index >= 15 is 0 Å². The number of amides is 1. The number of hydrogen-bond acceptors (Lipinski definition) is 6. The molecule has 3 aliphatic heterocycles. The maximum atomic E-state index is 12.7. The van der Waals surface area contributed by atoms with E-state index in [2.05, 4.69) is 15.5 Å². The van der Waals surface area contributed by atoms with Crippen LogP contribution in [-0.4, -0.2) is 67.5 Å². The Morgan fingerprint density at radius 1 is 1.16 bits per heavy atom. The molecule has 0 radical (unpaired) electrons. The van der Waals surface area contributed by atoms with Gasteiger partial charge in [-0.15, -0.1) is 11.8 Å². The normalized spacial score (nSPS) is 17.2. The van der Waals surface area contributed by atoms with E-state index in [0.717, 1.165) is 33.2 Å². The molecule has 1 aromatic carbocycles. The fraction of sp³-hybridized carbons (Fsp3) is 0.565. The second-order valence-corrected chi connectivity index (χ2v) is 8.31. The van der Waals surface area contributed by atoms with Crippen molar-refractivity contribution < 1.29 is 14.3 Å². The summed E-state index contributed by atoms with van der Waals surface area (Å²) in [4.78, 5) is 15.7. The standard InChI is InChI=1S/C16H17N3O3S.C5H11N.C2H6/c1-21-10-2-3-11-13(8-10)23-9-12-14(11)17-18-15(12)16(20)19-4-6-22-7-5-19;1-2-4-6-5-3-1;1-2/h2-3,8H,4-7,9H2,1H3,(H,17,18);6H,1-5H2;1-2H3. The SMILES string of the molecule is C1CCNCC1.CC.COc1ccc2c(c1)SCc1c-2n[nH]c1C(=O)N1CCOCC1. The van der Waals surface area contributed by atoms with E-state index in [1.54, 1.807) is 18.9 Å². The molecule has 7 nitrogen and oxygen atoms in total. The summed E-state index contributed by atoms with van der Waals surface area (Å²) in [6.07, 6.45) is 4.22. The lowest BCUT2D eigenvalue weighted by Gasteiger charge is -2.27. The molecule has 8 heteroatoms. The van der Waals surface area contributed by atoms with Gasteiger partial charge < -0.3 is 19.7 Å². The second kappa shape index (κ2) is 12.1. The number of methoxy groups -OCH3 is 1. The van der Waals surface area contributed by atoms with Crippen LogP contribution in [0.15, 0.2) is 23.1 Å². The van der Waals surface area contributed by atoms with Crippen molar-refractivity contribution in [1.82, 2.24) is 20.4 Å². The van der Waals surface area contributed by atoms with Crippen LogP contribution in [-0.2, 0) is 10.5 Å². The highest BCUT2D eigenvalue weighted by Crippen LogP contribution is 2.43. The summed E-state index contributed by atoms with van der Waals surface area (Å²) in [6.45, 7) is 8.96. The van der Waals surface area contributed by atoms with Crippen LogP contribution in [0.1, 0.15) is 49.2 Å². The van der Waals surface area contributed by atoms with E-state index in [4.69, 9.17) is 9.47 Å². The van der Waals surface area contributed by atoms with Crippen LogP contribution in [0.25, 0.3) is 11.3 Å². The number of carbonyl (C=O) groups excluding carboxylic acids is 1. The first-order valence-corrected chi connectivity index (χ1v) is 12.2. The van der Waals surface area contributed by atoms with Gasteiger partial charge in [-0.25, -0.2) is 0 Å². The predicted molar refractivity (Wildman–Crippen MR) is 125 cm³/mol. The minimum Gasteiger partial charge on any atom is -0.497 e.